The highest BCUT2D eigenvalue weighted by Crippen LogP contribution is 2.19. The molecular weight excluding hydrogens is 255 g/mol. The molecule has 0 radical (unpaired) electrons. The van der Waals surface area contributed by atoms with Crippen LogP contribution in [0.1, 0.15) is 18.5 Å². The van der Waals surface area contributed by atoms with Crippen LogP contribution in [0.25, 0.3) is 5.69 Å². The average molecular weight is 269 g/mol. The van der Waals surface area contributed by atoms with Crippen molar-refractivity contribution in [2.75, 3.05) is 6.54 Å². The summed E-state index contributed by atoms with van der Waals surface area (Å²) >= 11 is 0. The number of hydrogen-bond acceptors (Lipinski definition) is 2. The Morgan fingerprint density at radius 1 is 1.32 bits per heavy atom. The fourth-order valence-electron chi connectivity index (χ4n) is 1.74. The molecule has 0 saturated carbocycles. The summed E-state index contributed by atoms with van der Waals surface area (Å²) in [5.41, 5.74) is 1.61. The Balaban J connectivity index is 2.10. The number of nitrogens with zero attached hydrogens (tertiary/aromatic N) is 2. The van der Waals surface area contributed by atoms with Crippen LogP contribution >= 0.6 is 0 Å². The lowest BCUT2D eigenvalue weighted by molar-refractivity contribution is -0.126. The Bertz CT molecular complexity index is 520. The average Bonchev–Trinajstić information content (AvgIpc) is 2.89. The van der Waals surface area contributed by atoms with Gasteiger partial charge in [-0.1, -0.05) is 12.1 Å². The predicted molar refractivity (Wildman–Crippen MR) is 66.0 cm³/mol. The van der Waals surface area contributed by atoms with E-state index in [1.807, 2.05) is 12.1 Å². The molecule has 0 aliphatic rings. The van der Waals surface area contributed by atoms with Gasteiger partial charge in [0.2, 0.25) is 0 Å². The summed E-state index contributed by atoms with van der Waals surface area (Å²) in [4.78, 5) is 0. The second-order valence-corrected chi connectivity index (χ2v) is 4.26. The van der Waals surface area contributed by atoms with E-state index in [-0.39, 0.29) is 6.04 Å². The third-order valence-electron chi connectivity index (χ3n) is 2.75. The van der Waals surface area contributed by atoms with Gasteiger partial charge < -0.3 is 5.32 Å². The van der Waals surface area contributed by atoms with Gasteiger partial charge in [-0.05, 0) is 30.7 Å². The molecule has 0 bridgehead atoms. The Kier molecular flexibility index (Phi) is 3.90. The number of halogens is 3. The van der Waals surface area contributed by atoms with Gasteiger partial charge in [-0.3, -0.25) is 0 Å². The zero-order valence-electron chi connectivity index (χ0n) is 10.4. The van der Waals surface area contributed by atoms with Crippen molar-refractivity contribution in [3.63, 3.8) is 0 Å². The Hall–Kier alpha value is -1.82. The Morgan fingerprint density at radius 3 is 2.74 bits per heavy atom. The minimum atomic E-state index is -4.20. The van der Waals surface area contributed by atoms with Crippen LogP contribution in [0.5, 0.6) is 0 Å². The maximum Gasteiger partial charge on any atom is 0.401 e. The van der Waals surface area contributed by atoms with E-state index in [1.165, 1.54) is 0 Å². The smallest absolute Gasteiger partial charge is 0.302 e. The first kappa shape index (κ1) is 13.6. The quantitative estimate of drug-likeness (QED) is 0.924. The van der Waals surface area contributed by atoms with E-state index in [2.05, 4.69) is 10.4 Å². The number of aromatic nitrogens is 2. The third-order valence-corrected chi connectivity index (χ3v) is 2.75. The molecule has 0 unspecified atom stereocenters. The van der Waals surface area contributed by atoms with Crippen LogP contribution in [0.3, 0.4) is 0 Å². The molecule has 102 valence electrons. The topological polar surface area (TPSA) is 29.9 Å². The van der Waals surface area contributed by atoms with Crippen LogP contribution < -0.4 is 5.32 Å². The lowest BCUT2D eigenvalue weighted by atomic mass is 10.1. The molecule has 1 N–H and O–H groups in total. The van der Waals surface area contributed by atoms with Crippen molar-refractivity contribution < 1.29 is 13.2 Å². The van der Waals surface area contributed by atoms with Gasteiger partial charge in [-0.15, -0.1) is 0 Å². The standard InChI is InChI=1S/C13H14F3N3/c1-10(17-9-13(14,15)16)11-4-2-5-12(8-11)19-7-3-6-18-19/h2-8,10,17H,9H2,1H3/t10-/m0/s1. The second-order valence-electron chi connectivity index (χ2n) is 4.26. The number of benzene rings is 1. The molecule has 2 rings (SSSR count). The minimum absolute atomic E-state index is 0.378. The minimum Gasteiger partial charge on any atom is -0.302 e. The van der Waals surface area contributed by atoms with Gasteiger partial charge in [0.05, 0.1) is 12.2 Å². The third kappa shape index (κ3) is 3.82. The summed E-state index contributed by atoms with van der Waals surface area (Å²) in [6, 6.07) is 8.68. The zero-order chi connectivity index (χ0) is 13.9. The molecule has 1 aromatic carbocycles. The van der Waals surface area contributed by atoms with E-state index >= 15 is 0 Å². The fourth-order valence-corrected chi connectivity index (χ4v) is 1.74. The van der Waals surface area contributed by atoms with E-state index in [0.29, 0.717) is 0 Å². The predicted octanol–water partition coefficient (Wildman–Crippen LogP) is 3.09. The van der Waals surface area contributed by atoms with Crippen LogP contribution in [0, 0.1) is 0 Å². The lowest BCUT2D eigenvalue weighted by Crippen LogP contribution is -2.30. The van der Waals surface area contributed by atoms with Crippen molar-refractivity contribution >= 4 is 0 Å². The van der Waals surface area contributed by atoms with Crippen LogP contribution in [0.4, 0.5) is 13.2 Å². The Labute approximate surface area is 109 Å². The highest BCUT2D eigenvalue weighted by molar-refractivity contribution is 5.36. The first-order valence-corrected chi connectivity index (χ1v) is 5.86. The molecule has 1 heterocycles. The van der Waals surface area contributed by atoms with Gasteiger partial charge in [0.1, 0.15) is 0 Å². The zero-order valence-corrected chi connectivity index (χ0v) is 10.4. The summed E-state index contributed by atoms with van der Waals surface area (Å²) in [5, 5.41) is 6.55. The second kappa shape index (κ2) is 5.44. The molecule has 1 atom stereocenters. The summed E-state index contributed by atoms with van der Waals surface area (Å²) in [6.45, 7) is 0.702. The summed E-state index contributed by atoms with van der Waals surface area (Å²) in [7, 11) is 0. The SMILES string of the molecule is C[C@H](NCC(F)(F)F)c1cccc(-n2cccn2)c1. The van der Waals surface area contributed by atoms with Gasteiger partial charge in [-0.25, -0.2) is 4.68 Å². The lowest BCUT2D eigenvalue weighted by Gasteiger charge is -2.16. The largest absolute Gasteiger partial charge is 0.401 e. The van der Waals surface area contributed by atoms with E-state index in [9.17, 15) is 13.2 Å². The van der Waals surface area contributed by atoms with Gasteiger partial charge >= 0.3 is 6.18 Å². The van der Waals surface area contributed by atoms with Crippen molar-refractivity contribution in [3.05, 3.63) is 48.3 Å². The van der Waals surface area contributed by atoms with E-state index in [4.69, 9.17) is 0 Å². The van der Waals surface area contributed by atoms with E-state index < -0.39 is 12.7 Å². The van der Waals surface area contributed by atoms with Crippen LogP contribution in [-0.2, 0) is 0 Å². The monoisotopic (exact) mass is 269 g/mol. The molecule has 0 aliphatic carbocycles. The summed E-state index contributed by atoms with van der Waals surface area (Å²) in [5.74, 6) is 0. The van der Waals surface area contributed by atoms with Crippen LogP contribution in [-0.4, -0.2) is 22.5 Å². The van der Waals surface area contributed by atoms with Crippen LogP contribution in [0.15, 0.2) is 42.7 Å². The Morgan fingerprint density at radius 2 is 2.11 bits per heavy atom. The summed E-state index contributed by atoms with van der Waals surface area (Å²) < 4.78 is 38.1. The number of nitrogens with one attached hydrogen (secondary N) is 1. The van der Waals surface area contributed by atoms with Crippen molar-refractivity contribution in [3.8, 4) is 5.69 Å². The molecule has 2 aromatic rings. The number of hydrogen-bond donors (Lipinski definition) is 1. The van der Waals surface area contributed by atoms with Crippen molar-refractivity contribution in [1.29, 1.82) is 0 Å². The van der Waals surface area contributed by atoms with Gasteiger partial charge in [0.15, 0.2) is 0 Å². The maximum absolute atomic E-state index is 12.2. The van der Waals surface area contributed by atoms with Crippen molar-refractivity contribution in [2.45, 2.75) is 19.1 Å². The van der Waals surface area contributed by atoms with Gasteiger partial charge in [0, 0.05) is 18.4 Å². The molecule has 19 heavy (non-hydrogen) atoms. The van der Waals surface area contributed by atoms with Gasteiger partial charge in [-0.2, -0.15) is 18.3 Å². The van der Waals surface area contributed by atoms with E-state index in [1.54, 1.807) is 42.2 Å². The number of rotatable bonds is 4. The normalized spacial score (nSPS) is 13.5. The van der Waals surface area contributed by atoms with Gasteiger partial charge in [0.25, 0.3) is 0 Å². The molecule has 1 aromatic heterocycles. The first-order valence-electron chi connectivity index (χ1n) is 5.86. The first-order chi connectivity index (χ1) is 8.96. The number of alkyl halides is 3. The van der Waals surface area contributed by atoms with Crippen LogP contribution in [0.2, 0.25) is 0 Å². The molecule has 0 fully saturated rings. The highest BCUT2D eigenvalue weighted by atomic mass is 19.4. The molecule has 0 aliphatic heterocycles. The van der Waals surface area contributed by atoms with E-state index in [0.717, 1.165) is 11.3 Å². The molecule has 0 saturated heterocycles. The summed E-state index contributed by atoms with van der Waals surface area (Å²) in [6.07, 6.45) is -0.765. The highest BCUT2D eigenvalue weighted by Gasteiger charge is 2.27. The molecular formula is C13H14F3N3. The molecule has 0 spiro atoms. The maximum atomic E-state index is 12.2. The molecule has 0 amide bonds. The molecule has 6 heteroatoms. The molecule has 3 nitrogen and oxygen atoms in total. The van der Waals surface area contributed by atoms with Crippen molar-refractivity contribution in [1.82, 2.24) is 15.1 Å². The fraction of sp³-hybridized carbons (Fsp3) is 0.308. The van der Waals surface area contributed by atoms with Crippen molar-refractivity contribution in [2.24, 2.45) is 0 Å².